The summed E-state index contributed by atoms with van der Waals surface area (Å²) in [5.41, 5.74) is 2.85. The molecule has 0 saturated carbocycles. The second-order valence-corrected chi connectivity index (χ2v) is 7.61. The summed E-state index contributed by atoms with van der Waals surface area (Å²) in [6, 6.07) is 13.3. The molecule has 6 heteroatoms. The number of hydrogen-bond acceptors (Lipinski definition) is 4. The molecule has 0 amide bonds. The summed E-state index contributed by atoms with van der Waals surface area (Å²) in [4.78, 5) is 4.32. The molecule has 24 heavy (non-hydrogen) atoms. The second kappa shape index (κ2) is 5.89. The number of fused-ring (bicyclic) bond motifs is 1. The number of benzene rings is 2. The Kier molecular flexibility index (Phi) is 4.03. The molecule has 1 heterocycles. The van der Waals surface area contributed by atoms with Gasteiger partial charge in [-0.1, -0.05) is 23.8 Å². The fraction of sp³-hybridized carbons (Fsp3) is 0.167. The van der Waals surface area contributed by atoms with Gasteiger partial charge < -0.3 is 9.68 Å². The molecule has 0 unspecified atom stereocenters. The number of anilines is 1. The van der Waals surface area contributed by atoms with Gasteiger partial charge in [0, 0.05) is 11.1 Å². The Morgan fingerprint density at radius 3 is 2.25 bits per heavy atom. The minimum absolute atomic E-state index is 0.0364. The van der Waals surface area contributed by atoms with Gasteiger partial charge in [-0.3, -0.25) is 4.98 Å². The number of aryl methyl sites for hydroxylation is 3. The number of sulfonamides is 1. The fourth-order valence-electron chi connectivity index (χ4n) is 2.53. The molecule has 124 valence electrons. The zero-order chi connectivity index (χ0) is 17.5. The number of hydrogen-bond donors (Lipinski definition) is 0. The smallest absolute Gasteiger partial charge is 0.254 e. The van der Waals surface area contributed by atoms with Crippen LogP contribution in [-0.4, -0.2) is 13.4 Å². The Hall–Kier alpha value is -2.44. The highest BCUT2D eigenvalue weighted by molar-refractivity contribution is 7.93. The molecule has 0 bridgehead atoms. The van der Waals surface area contributed by atoms with Crippen molar-refractivity contribution in [3.8, 4) is 0 Å². The summed E-state index contributed by atoms with van der Waals surface area (Å²) < 4.78 is 25.4. The lowest BCUT2D eigenvalue weighted by molar-refractivity contribution is 0.596. The summed E-state index contributed by atoms with van der Waals surface area (Å²) in [7, 11) is -4.19. The molecule has 2 aromatic carbocycles. The first-order chi connectivity index (χ1) is 11.3. The van der Waals surface area contributed by atoms with Gasteiger partial charge in [-0.15, -0.1) is 0 Å². The molecule has 0 spiro atoms. The van der Waals surface area contributed by atoms with E-state index in [4.69, 9.17) is 0 Å². The van der Waals surface area contributed by atoms with Gasteiger partial charge in [0.05, 0.1) is 16.1 Å². The van der Waals surface area contributed by atoms with E-state index in [1.54, 1.807) is 25.1 Å². The molecule has 0 radical (unpaired) electrons. The monoisotopic (exact) mass is 341 g/mol. The van der Waals surface area contributed by atoms with E-state index in [0.29, 0.717) is 11.2 Å². The van der Waals surface area contributed by atoms with Crippen LogP contribution in [0.3, 0.4) is 0 Å². The topological polar surface area (TPSA) is 73.3 Å². The van der Waals surface area contributed by atoms with Crippen molar-refractivity contribution >= 4 is 26.6 Å². The summed E-state index contributed by atoms with van der Waals surface area (Å²) in [6.07, 6.45) is 0. The van der Waals surface area contributed by atoms with Gasteiger partial charge in [-0.2, -0.15) is 0 Å². The maximum atomic E-state index is 12.7. The summed E-state index contributed by atoms with van der Waals surface area (Å²) >= 11 is 0. The number of pyridine rings is 1. The standard InChI is InChI=1S/C18H17N2O3S/c1-12-4-8-16(9-5-12)24(22,23)20(21)17-11-13(2)10-15-7-6-14(3)19-18(15)17/h4-11H,1-3H3/q-1. The largest absolute Gasteiger partial charge is 0.744 e. The highest BCUT2D eigenvalue weighted by Crippen LogP contribution is 2.31. The summed E-state index contributed by atoms with van der Waals surface area (Å²) in [6.45, 7) is 5.47. The Morgan fingerprint density at radius 1 is 0.917 bits per heavy atom. The molecule has 3 aromatic rings. The van der Waals surface area contributed by atoms with Crippen molar-refractivity contribution in [3.63, 3.8) is 0 Å². The number of rotatable bonds is 3. The fourth-order valence-corrected chi connectivity index (χ4v) is 3.60. The molecule has 0 aliphatic carbocycles. The summed E-state index contributed by atoms with van der Waals surface area (Å²) in [5.74, 6) is 0. The SMILES string of the molecule is Cc1ccc(S(=O)(=O)N([O-])c2cc(C)cc3ccc(C)nc23)cc1. The highest BCUT2D eigenvalue weighted by Gasteiger charge is 2.20. The first-order valence-electron chi connectivity index (χ1n) is 7.46. The molecular formula is C18H17N2O3S-. The van der Waals surface area contributed by atoms with Crippen molar-refractivity contribution < 1.29 is 8.42 Å². The number of nitrogens with zero attached hydrogens (tertiary/aromatic N) is 2. The van der Waals surface area contributed by atoms with Crippen LogP contribution < -0.4 is 4.47 Å². The Balaban J connectivity index is 2.19. The predicted octanol–water partition coefficient (Wildman–Crippen LogP) is 3.85. The van der Waals surface area contributed by atoms with Gasteiger partial charge in [-0.05, 0) is 56.7 Å². The lowest BCUT2D eigenvalue weighted by Crippen LogP contribution is -2.25. The van der Waals surface area contributed by atoms with Crippen molar-refractivity contribution in [3.05, 3.63) is 70.6 Å². The average Bonchev–Trinajstić information content (AvgIpc) is 2.54. The van der Waals surface area contributed by atoms with E-state index in [1.807, 2.05) is 32.0 Å². The van der Waals surface area contributed by atoms with E-state index >= 15 is 0 Å². The molecular weight excluding hydrogens is 324 g/mol. The molecule has 0 aliphatic heterocycles. The third kappa shape index (κ3) is 2.86. The van der Waals surface area contributed by atoms with E-state index in [2.05, 4.69) is 4.98 Å². The van der Waals surface area contributed by atoms with Gasteiger partial charge in [-0.25, -0.2) is 8.42 Å². The minimum atomic E-state index is -4.19. The maximum Gasteiger partial charge on any atom is 0.254 e. The molecule has 0 atom stereocenters. The van der Waals surface area contributed by atoms with E-state index in [1.165, 1.54) is 12.1 Å². The van der Waals surface area contributed by atoms with Crippen molar-refractivity contribution in [1.82, 2.24) is 4.98 Å². The van der Waals surface area contributed by atoms with Crippen LogP contribution in [0, 0.1) is 26.0 Å². The molecule has 0 aliphatic rings. The van der Waals surface area contributed by atoms with Crippen molar-refractivity contribution in [1.29, 1.82) is 0 Å². The van der Waals surface area contributed by atoms with Crippen LogP contribution in [0.1, 0.15) is 16.8 Å². The molecule has 0 fully saturated rings. The van der Waals surface area contributed by atoms with E-state index in [9.17, 15) is 13.6 Å². The normalized spacial score (nSPS) is 11.7. The van der Waals surface area contributed by atoms with Crippen molar-refractivity contribution in [2.75, 3.05) is 4.47 Å². The number of aromatic nitrogens is 1. The van der Waals surface area contributed by atoms with Crippen LogP contribution >= 0.6 is 0 Å². The van der Waals surface area contributed by atoms with Crippen LogP contribution in [0.15, 0.2) is 53.4 Å². The predicted molar refractivity (Wildman–Crippen MR) is 95.4 cm³/mol. The minimum Gasteiger partial charge on any atom is -0.744 e. The van der Waals surface area contributed by atoms with E-state index < -0.39 is 10.0 Å². The van der Waals surface area contributed by atoms with Gasteiger partial charge >= 0.3 is 0 Å². The van der Waals surface area contributed by atoms with Gasteiger partial charge in [0.15, 0.2) is 0 Å². The van der Waals surface area contributed by atoms with E-state index in [0.717, 1.165) is 16.5 Å². The van der Waals surface area contributed by atoms with E-state index in [-0.39, 0.29) is 15.1 Å². The molecule has 0 saturated heterocycles. The highest BCUT2D eigenvalue weighted by atomic mass is 32.2. The molecule has 1 aromatic heterocycles. The van der Waals surface area contributed by atoms with Crippen molar-refractivity contribution in [2.24, 2.45) is 0 Å². The third-order valence-corrected chi connectivity index (χ3v) is 5.29. The average molecular weight is 341 g/mol. The summed E-state index contributed by atoms with van der Waals surface area (Å²) in [5, 5.41) is 13.4. The first-order valence-corrected chi connectivity index (χ1v) is 8.90. The zero-order valence-corrected chi connectivity index (χ0v) is 14.5. The van der Waals surface area contributed by atoms with Gasteiger partial charge in [0.25, 0.3) is 10.0 Å². The maximum absolute atomic E-state index is 12.7. The van der Waals surface area contributed by atoms with Crippen LogP contribution in [0.2, 0.25) is 0 Å². The quantitative estimate of drug-likeness (QED) is 0.678. The van der Waals surface area contributed by atoms with Crippen LogP contribution in [0.4, 0.5) is 5.69 Å². The van der Waals surface area contributed by atoms with Crippen LogP contribution in [-0.2, 0) is 10.0 Å². The van der Waals surface area contributed by atoms with Gasteiger partial charge in [0.2, 0.25) is 0 Å². The molecule has 3 rings (SSSR count). The van der Waals surface area contributed by atoms with Crippen LogP contribution in [0.5, 0.6) is 0 Å². The van der Waals surface area contributed by atoms with Gasteiger partial charge in [0.1, 0.15) is 0 Å². The zero-order valence-electron chi connectivity index (χ0n) is 13.6. The Bertz CT molecular complexity index is 1010. The molecule has 5 nitrogen and oxygen atoms in total. The van der Waals surface area contributed by atoms with Crippen molar-refractivity contribution in [2.45, 2.75) is 25.7 Å². The lowest BCUT2D eigenvalue weighted by atomic mass is 10.1. The lowest BCUT2D eigenvalue weighted by Gasteiger charge is -2.30. The van der Waals surface area contributed by atoms with Crippen LogP contribution in [0.25, 0.3) is 10.9 Å². The molecule has 0 N–H and O–H groups in total. The Labute approximate surface area is 141 Å². The first kappa shape index (κ1) is 16.4. The third-order valence-electron chi connectivity index (χ3n) is 3.79. The Morgan fingerprint density at radius 2 is 1.58 bits per heavy atom. The second-order valence-electron chi connectivity index (χ2n) is 5.85.